The van der Waals surface area contributed by atoms with E-state index in [0.717, 1.165) is 21.9 Å². The largest absolute Gasteiger partial charge is 0.328 e. The van der Waals surface area contributed by atoms with Crippen molar-refractivity contribution >= 4 is 29.6 Å². The summed E-state index contributed by atoms with van der Waals surface area (Å²) in [4.78, 5) is 16.4. The molecule has 0 spiro atoms. The van der Waals surface area contributed by atoms with E-state index in [1.807, 2.05) is 35.9 Å². The minimum atomic E-state index is 0.299. The molecule has 0 N–H and O–H groups in total. The maximum absolute atomic E-state index is 11.0. The maximum Gasteiger partial charge on any atom is 0.185 e. The van der Waals surface area contributed by atoms with Gasteiger partial charge in [-0.05, 0) is 24.1 Å². The SMILES string of the molecule is CC(C)c1c(Sc2cccc(Cl)c2)nc(C=O)n1C. The molecule has 5 heteroatoms. The van der Waals surface area contributed by atoms with Crippen LogP contribution >= 0.6 is 23.4 Å². The lowest BCUT2D eigenvalue weighted by Crippen LogP contribution is -2.02. The topological polar surface area (TPSA) is 34.9 Å². The summed E-state index contributed by atoms with van der Waals surface area (Å²) in [6, 6.07) is 7.62. The van der Waals surface area contributed by atoms with Gasteiger partial charge in [0.15, 0.2) is 12.1 Å². The second-order valence-electron chi connectivity index (χ2n) is 4.55. The van der Waals surface area contributed by atoms with Crippen LogP contribution in [0.15, 0.2) is 34.2 Å². The summed E-state index contributed by atoms with van der Waals surface area (Å²) >= 11 is 7.51. The number of carbonyl (C=O) groups is 1. The minimum Gasteiger partial charge on any atom is -0.328 e. The molecule has 0 bridgehead atoms. The van der Waals surface area contributed by atoms with Gasteiger partial charge in [-0.1, -0.05) is 43.3 Å². The lowest BCUT2D eigenvalue weighted by Gasteiger charge is -2.09. The lowest BCUT2D eigenvalue weighted by atomic mass is 10.1. The molecule has 1 aromatic heterocycles. The average molecular weight is 295 g/mol. The Morgan fingerprint density at radius 3 is 2.74 bits per heavy atom. The number of hydrogen-bond acceptors (Lipinski definition) is 3. The van der Waals surface area contributed by atoms with E-state index >= 15 is 0 Å². The summed E-state index contributed by atoms with van der Waals surface area (Å²) in [7, 11) is 1.87. The fourth-order valence-corrected chi connectivity index (χ4v) is 3.39. The molecule has 0 aliphatic carbocycles. The van der Waals surface area contributed by atoms with Crippen LogP contribution in [0.2, 0.25) is 5.02 Å². The van der Waals surface area contributed by atoms with E-state index in [1.165, 1.54) is 11.8 Å². The number of aldehydes is 1. The van der Waals surface area contributed by atoms with Gasteiger partial charge in [-0.3, -0.25) is 4.79 Å². The monoisotopic (exact) mass is 294 g/mol. The highest BCUT2D eigenvalue weighted by molar-refractivity contribution is 7.99. The number of imidazole rings is 1. The van der Waals surface area contributed by atoms with E-state index in [0.29, 0.717) is 16.8 Å². The van der Waals surface area contributed by atoms with Gasteiger partial charge < -0.3 is 4.57 Å². The van der Waals surface area contributed by atoms with Crippen molar-refractivity contribution in [1.82, 2.24) is 9.55 Å². The van der Waals surface area contributed by atoms with Crippen molar-refractivity contribution in [2.24, 2.45) is 7.05 Å². The van der Waals surface area contributed by atoms with Crippen molar-refractivity contribution in [3.05, 3.63) is 40.8 Å². The third kappa shape index (κ3) is 3.01. The van der Waals surface area contributed by atoms with Crippen molar-refractivity contribution in [1.29, 1.82) is 0 Å². The zero-order chi connectivity index (χ0) is 14.0. The Hall–Kier alpha value is -1.26. The number of hydrogen-bond donors (Lipinski definition) is 0. The highest BCUT2D eigenvalue weighted by Gasteiger charge is 2.18. The van der Waals surface area contributed by atoms with Gasteiger partial charge in [-0.25, -0.2) is 4.98 Å². The predicted octanol–water partition coefficient (Wildman–Crippen LogP) is 4.16. The van der Waals surface area contributed by atoms with Gasteiger partial charge in [0.1, 0.15) is 5.03 Å². The molecule has 0 atom stereocenters. The first-order valence-electron chi connectivity index (χ1n) is 5.98. The standard InChI is InChI=1S/C14H15ClN2OS/c1-9(2)13-14(16-12(8-18)17(13)3)19-11-6-4-5-10(15)7-11/h4-9H,1-3H3. The van der Waals surface area contributed by atoms with Crippen molar-refractivity contribution in [3.63, 3.8) is 0 Å². The first kappa shape index (κ1) is 14.2. The van der Waals surface area contributed by atoms with Crippen LogP contribution in [0.5, 0.6) is 0 Å². The zero-order valence-corrected chi connectivity index (χ0v) is 12.6. The summed E-state index contributed by atoms with van der Waals surface area (Å²) in [5.41, 5.74) is 1.06. The van der Waals surface area contributed by atoms with Gasteiger partial charge in [-0.15, -0.1) is 0 Å². The molecular weight excluding hydrogens is 280 g/mol. The molecular formula is C14H15ClN2OS. The fourth-order valence-electron chi connectivity index (χ4n) is 1.96. The normalized spacial score (nSPS) is 11.0. The van der Waals surface area contributed by atoms with Crippen molar-refractivity contribution in [2.75, 3.05) is 0 Å². The Morgan fingerprint density at radius 1 is 1.42 bits per heavy atom. The molecule has 3 nitrogen and oxygen atoms in total. The maximum atomic E-state index is 11.0. The summed E-state index contributed by atoms with van der Waals surface area (Å²) in [6.45, 7) is 4.18. The highest BCUT2D eigenvalue weighted by Crippen LogP contribution is 2.34. The van der Waals surface area contributed by atoms with Crippen LogP contribution in [0.25, 0.3) is 0 Å². The van der Waals surface area contributed by atoms with E-state index in [2.05, 4.69) is 18.8 Å². The molecule has 100 valence electrons. The van der Waals surface area contributed by atoms with Crippen molar-refractivity contribution in [3.8, 4) is 0 Å². The van der Waals surface area contributed by atoms with Gasteiger partial charge in [0.25, 0.3) is 0 Å². The third-order valence-corrected chi connectivity index (χ3v) is 4.02. The lowest BCUT2D eigenvalue weighted by molar-refractivity contribution is 0.111. The molecule has 0 aliphatic heterocycles. The van der Waals surface area contributed by atoms with Crippen LogP contribution in [0.4, 0.5) is 0 Å². The minimum absolute atomic E-state index is 0.299. The first-order chi connectivity index (χ1) is 9.02. The molecule has 1 heterocycles. The van der Waals surface area contributed by atoms with Crippen molar-refractivity contribution < 1.29 is 4.79 Å². The Morgan fingerprint density at radius 2 is 2.16 bits per heavy atom. The Balaban J connectivity index is 2.42. The zero-order valence-electron chi connectivity index (χ0n) is 11.1. The number of aromatic nitrogens is 2. The van der Waals surface area contributed by atoms with Gasteiger partial charge in [0.2, 0.25) is 0 Å². The van der Waals surface area contributed by atoms with E-state index in [9.17, 15) is 4.79 Å². The van der Waals surface area contributed by atoms with Crippen LogP contribution in [0, 0.1) is 0 Å². The molecule has 1 aromatic carbocycles. The molecule has 0 unspecified atom stereocenters. The number of carbonyl (C=O) groups excluding carboxylic acids is 1. The summed E-state index contributed by atoms with van der Waals surface area (Å²) in [5.74, 6) is 0.751. The van der Waals surface area contributed by atoms with E-state index in [4.69, 9.17) is 11.6 Å². The second-order valence-corrected chi connectivity index (χ2v) is 6.05. The quantitative estimate of drug-likeness (QED) is 0.794. The summed E-state index contributed by atoms with van der Waals surface area (Å²) in [5, 5.41) is 1.56. The van der Waals surface area contributed by atoms with Gasteiger partial charge in [-0.2, -0.15) is 0 Å². The van der Waals surface area contributed by atoms with E-state index in [1.54, 1.807) is 0 Å². The first-order valence-corrected chi connectivity index (χ1v) is 7.17. The summed E-state index contributed by atoms with van der Waals surface area (Å²) in [6.07, 6.45) is 0.786. The molecule has 0 fully saturated rings. The van der Waals surface area contributed by atoms with Gasteiger partial charge in [0.05, 0.1) is 5.69 Å². The molecule has 0 radical (unpaired) electrons. The van der Waals surface area contributed by atoms with Crippen LogP contribution in [0.1, 0.15) is 36.1 Å². The third-order valence-electron chi connectivity index (χ3n) is 2.80. The summed E-state index contributed by atoms with van der Waals surface area (Å²) < 4.78 is 1.85. The molecule has 0 saturated heterocycles. The van der Waals surface area contributed by atoms with Crippen LogP contribution in [-0.2, 0) is 7.05 Å². The number of rotatable bonds is 4. The van der Waals surface area contributed by atoms with Gasteiger partial charge >= 0.3 is 0 Å². The van der Waals surface area contributed by atoms with Crippen LogP contribution < -0.4 is 0 Å². The smallest absolute Gasteiger partial charge is 0.185 e. The molecule has 0 aliphatic rings. The Bertz CT molecular complexity index is 607. The molecule has 2 aromatic rings. The predicted molar refractivity (Wildman–Crippen MR) is 78.3 cm³/mol. The van der Waals surface area contributed by atoms with Crippen molar-refractivity contribution in [2.45, 2.75) is 29.7 Å². The van der Waals surface area contributed by atoms with Crippen LogP contribution in [0.3, 0.4) is 0 Å². The second kappa shape index (κ2) is 5.80. The molecule has 19 heavy (non-hydrogen) atoms. The fraction of sp³-hybridized carbons (Fsp3) is 0.286. The molecule has 2 rings (SSSR count). The number of nitrogens with zero attached hydrogens (tertiary/aromatic N) is 2. The Labute approximate surface area is 122 Å². The molecule has 0 amide bonds. The van der Waals surface area contributed by atoms with Crippen LogP contribution in [-0.4, -0.2) is 15.8 Å². The number of benzene rings is 1. The number of halogens is 1. The Kier molecular flexibility index (Phi) is 4.32. The molecule has 0 saturated carbocycles. The highest BCUT2D eigenvalue weighted by atomic mass is 35.5. The van der Waals surface area contributed by atoms with E-state index < -0.39 is 0 Å². The van der Waals surface area contributed by atoms with E-state index in [-0.39, 0.29) is 0 Å². The average Bonchev–Trinajstić information content (AvgIpc) is 2.65. The van der Waals surface area contributed by atoms with Gasteiger partial charge in [0, 0.05) is 17.0 Å².